The van der Waals surface area contributed by atoms with Crippen molar-refractivity contribution in [2.24, 2.45) is 11.8 Å². The molecule has 14 nitrogen and oxygen atoms in total. The smallest absolute Gasteiger partial charge is 0.407 e. The van der Waals surface area contributed by atoms with Crippen LogP contribution in [0.15, 0.2) is 47.4 Å². The quantitative estimate of drug-likeness (QED) is 0.231. The minimum atomic E-state index is -3.92. The first-order chi connectivity index (χ1) is 21.5. The molecule has 1 amide bonds. The summed E-state index contributed by atoms with van der Waals surface area (Å²) in [6.45, 7) is 3.55. The Kier molecular flexibility index (Phi) is 10.3. The number of carboxylic acids is 1. The Morgan fingerprint density at radius 3 is 2.56 bits per heavy atom. The number of aliphatic carboxylic acids is 1. The summed E-state index contributed by atoms with van der Waals surface area (Å²) in [5.41, 5.74) is 0.698. The van der Waals surface area contributed by atoms with E-state index in [9.17, 15) is 23.1 Å². The van der Waals surface area contributed by atoms with Gasteiger partial charge in [0.25, 0.3) is 0 Å². The summed E-state index contributed by atoms with van der Waals surface area (Å²) >= 11 is 0. The molecule has 2 aromatic carbocycles. The molecule has 0 aliphatic carbocycles. The van der Waals surface area contributed by atoms with Crippen molar-refractivity contribution in [3.63, 3.8) is 0 Å². The molecule has 2 fully saturated rings. The van der Waals surface area contributed by atoms with E-state index in [-0.39, 0.29) is 43.1 Å². The van der Waals surface area contributed by atoms with E-state index in [4.69, 9.17) is 33.5 Å². The third kappa shape index (κ3) is 7.97. The molecule has 0 radical (unpaired) electrons. The van der Waals surface area contributed by atoms with E-state index >= 15 is 0 Å². The lowest BCUT2D eigenvalue weighted by molar-refractivity contribution is -0.139. The number of nitrogens with one attached hydrogen (secondary N) is 2. The number of amides is 1. The number of rotatable bonds is 14. The summed E-state index contributed by atoms with van der Waals surface area (Å²) in [4.78, 5) is 23.9. The summed E-state index contributed by atoms with van der Waals surface area (Å²) in [6.07, 6.45) is -2.06. The van der Waals surface area contributed by atoms with Crippen LogP contribution >= 0.6 is 0 Å². The number of sulfone groups is 1. The lowest BCUT2D eigenvalue weighted by atomic mass is 10.0. The van der Waals surface area contributed by atoms with Gasteiger partial charge in [0.1, 0.15) is 17.2 Å². The molecule has 45 heavy (non-hydrogen) atoms. The van der Waals surface area contributed by atoms with Crippen LogP contribution in [0.4, 0.5) is 4.79 Å². The largest absolute Gasteiger partial charge is 0.482 e. The molecule has 0 aromatic heterocycles. The summed E-state index contributed by atoms with van der Waals surface area (Å²) in [6, 6.07) is 10.1. The van der Waals surface area contributed by atoms with Crippen molar-refractivity contribution in [2.75, 3.05) is 33.2 Å². The van der Waals surface area contributed by atoms with Crippen LogP contribution in [0, 0.1) is 11.8 Å². The van der Waals surface area contributed by atoms with E-state index in [0.717, 1.165) is 0 Å². The van der Waals surface area contributed by atoms with Crippen LogP contribution in [-0.2, 0) is 35.3 Å². The summed E-state index contributed by atoms with van der Waals surface area (Å²) < 4.78 is 59.8. The van der Waals surface area contributed by atoms with E-state index in [1.54, 1.807) is 44.2 Å². The number of benzene rings is 2. The van der Waals surface area contributed by atoms with Gasteiger partial charge in [-0.3, -0.25) is 5.32 Å². The third-order valence-corrected chi connectivity index (χ3v) is 10.2. The molecule has 246 valence electrons. The maximum Gasteiger partial charge on any atom is 0.407 e. The molecule has 1 unspecified atom stereocenters. The average molecular weight is 651 g/mol. The number of aliphatic hydroxyl groups is 1. The zero-order valence-electron chi connectivity index (χ0n) is 24.9. The number of hydrogen-bond acceptors (Lipinski definition) is 12. The van der Waals surface area contributed by atoms with Gasteiger partial charge in [0.2, 0.25) is 6.79 Å². The minimum absolute atomic E-state index is 0.00851. The predicted molar refractivity (Wildman–Crippen MR) is 157 cm³/mol. The molecule has 3 heterocycles. The lowest BCUT2D eigenvalue weighted by Gasteiger charge is -2.29. The fourth-order valence-corrected chi connectivity index (χ4v) is 7.41. The van der Waals surface area contributed by atoms with Crippen LogP contribution in [0.5, 0.6) is 17.2 Å². The van der Waals surface area contributed by atoms with E-state index < -0.39 is 58.4 Å². The molecule has 5 rings (SSSR count). The van der Waals surface area contributed by atoms with Crippen molar-refractivity contribution in [3.05, 3.63) is 48.0 Å². The van der Waals surface area contributed by atoms with Gasteiger partial charge in [-0.25, -0.2) is 18.0 Å². The van der Waals surface area contributed by atoms with Crippen molar-refractivity contribution in [1.82, 2.24) is 10.6 Å². The van der Waals surface area contributed by atoms with Crippen LogP contribution in [0.1, 0.15) is 25.8 Å². The molecular weight excluding hydrogens is 612 g/mol. The summed E-state index contributed by atoms with van der Waals surface area (Å²) in [5, 5.41) is 24.8. The maximum absolute atomic E-state index is 13.6. The predicted octanol–water partition coefficient (Wildman–Crippen LogP) is 1.68. The van der Waals surface area contributed by atoms with Crippen LogP contribution in [0.3, 0.4) is 0 Å². The Hall–Kier alpha value is -3.63. The standard InChI is InChI=1S/C30H38N2O12S/c1-17(2)28(45(37,38)20-7-8-24-25(12-20)43-16-42-24)31-13-23(33)22(11-18-3-5-19(6-4-18)40-15-27(34)35)32-30(36)44-26-14-41-29-21(26)9-10-39-29/h3-8,12,17,21-23,26,28-29,31,33H,9-11,13-16H2,1-2H3,(H,32,36)(H,34,35)/t21-,22-,23+,26-,28?,29+/m0/s1. The second-order valence-electron chi connectivity index (χ2n) is 11.5. The number of hydrogen-bond donors (Lipinski definition) is 4. The normalized spacial score (nSPS) is 22.4. The fraction of sp³-hybridized carbons (Fsp3) is 0.533. The molecule has 2 aromatic rings. The van der Waals surface area contributed by atoms with Crippen LogP contribution in [-0.4, -0.2) is 93.8 Å². The van der Waals surface area contributed by atoms with E-state index in [1.807, 2.05) is 0 Å². The van der Waals surface area contributed by atoms with Crippen LogP contribution < -0.4 is 24.8 Å². The zero-order chi connectivity index (χ0) is 32.1. The number of aliphatic hydroxyl groups excluding tert-OH is 1. The van der Waals surface area contributed by atoms with Crippen molar-refractivity contribution >= 4 is 21.9 Å². The molecule has 0 bridgehead atoms. The Labute approximate surface area is 260 Å². The molecule has 0 saturated carbocycles. The van der Waals surface area contributed by atoms with E-state index in [2.05, 4.69) is 10.6 Å². The highest BCUT2D eigenvalue weighted by Gasteiger charge is 2.44. The van der Waals surface area contributed by atoms with Gasteiger partial charge in [-0.15, -0.1) is 0 Å². The summed E-state index contributed by atoms with van der Waals surface area (Å²) in [5.74, 6) is -0.431. The Balaban J connectivity index is 1.28. The van der Waals surface area contributed by atoms with Crippen molar-refractivity contribution < 1.29 is 56.6 Å². The first-order valence-electron chi connectivity index (χ1n) is 14.7. The number of carbonyl (C=O) groups excluding carboxylic acids is 1. The molecule has 3 aliphatic rings. The number of fused-ring (bicyclic) bond motifs is 2. The fourth-order valence-electron chi connectivity index (χ4n) is 5.56. The number of alkyl carbamates (subject to hydrolysis) is 1. The number of carbonyl (C=O) groups is 2. The van der Waals surface area contributed by atoms with E-state index in [1.165, 1.54) is 12.1 Å². The highest BCUT2D eigenvalue weighted by atomic mass is 32.2. The van der Waals surface area contributed by atoms with Gasteiger partial charge in [0.05, 0.1) is 36.2 Å². The third-order valence-electron chi connectivity index (χ3n) is 7.89. The second kappa shape index (κ2) is 14.2. The minimum Gasteiger partial charge on any atom is -0.482 e. The SMILES string of the molecule is CC(C)C(NC[C@@H](O)[C@H](Cc1ccc(OCC(=O)O)cc1)NC(=O)O[C@H]1CO[C@H]2OCC[C@H]21)S(=O)(=O)c1ccc2c(c1)OCO2. The average Bonchev–Trinajstić information content (AvgIpc) is 3.75. The van der Waals surface area contributed by atoms with Gasteiger partial charge in [-0.2, -0.15) is 0 Å². The molecular formula is C30H38N2O12S. The first kappa shape index (κ1) is 32.8. The Morgan fingerprint density at radius 2 is 1.82 bits per heavy atom. The topological polar surface area (TPSA) is 188 Å². The number of ether oxygens (including phenoxy) is 6. The summed E-state index contributed by atoms with van der Waals surface area (Å²) in [7, 11) is -3.92. The molecule has 3 aliphatic heterocycles. The zero-order valence-corrected chi connectivity index (χ0v) is 25.7. The lowest BCUT2D eigenvalue weighted by Crippen LogP contribution is -2.52. The van der Waals surface area contributed by atoms with Gasteiger partial charge in [0, 0.05) is 12.6 Å². The molecule has 15 heteroatoms. The Morgan fingerprint density at radius 1 is 1.07 bits per heavy atom. The molecule has 4 N–H and O–H groups in total. The highest BCUT2D eigenvalue weighted by molar-refractivity contribution is 7.92. The van der Waals surface area contributed by atoms with Crippen LogP contribution in [0.25, 0.3) is 0 Å². The van der Waals surface area contributed by atoms with Gasteiger partial charge >= 0.3 is 12.1 Å². The van der Waals surface area contributed by atoms with Gasteiger partial charge in [0.15, 0.2) is 34.2 Å². The van der Waals surface area contributed by atoms with Gasteiger partial charge in [-0.05, 0) is 48.6 Å². The first-order valence-corrected chi connectivity index (χ1v) is 16.2. The molecule has 2 saturated heterocycles. The molecule has 0 spiro atoms. The van der Waals surface area contributed by atoms with Crippen molar-refractivity contribution in [2.45, 2.75) is 61.5 Å². The second-order valence-corrected chi connectivity index (χ2v) is 13.5. The van der Waals surface area contributed by atoms with Crippen LogP contribution in [0.2, 0.25) is 0 Å². The van der Waals surface area contributed by atoms with E-state index in [0.29, 0.717) is 35.8 Å². The maximum atomic E-state index is 13.6. The van der Waals surface area contributed by atoms with Gasteiger partial charge in [-0.1, -0.05) is 26.0 Å². The monoisotopic (exact) mass is 650 g/mol. The van der Waals surface area contributed by atoms with Crippen molar-refractivity contribution in [3.8, 4) is 17.2 Å². The van der Waals surface area contributed by atoms with Crippen molar-refractivity contribution in [1.29, 1.82) is 0 Å². The number of carboxylic acid groups (broad SMARTS) is 1. The molecule has 6 atom stereocenters. The highest BCUT2D eigenvalue weighted by Crippen LogP contribution is 2.35. The Bertz CT molecular complexity index is 1450. The van der Waals surface area contributed by atoms with Gasteiger partial charge < -0.3 is 44.0 Å².